The number of para-hydroxylation sites is 2. The summed E-state index contributed by atoms with van der Waals surface area (Å²) in [5.74, 6) is 0.530. The van der Waals surface area contributed by atoms with E-state index in [1.165, 1.54) is 74.0 Å². The minimum atomic E-state index is 0.530. The first-order valence-electron chi connectivity index (χ1n) is 10.9. The van der Waals surface area contributed by atoms with Crippen molar-refractivity contribution in [1.29, 1.82) is 0 Å². The molecule has 2 unspecified atom stereocenters. The molecule has 2 heteroatoms. The van der Waals surface area contributed by atoms with Gasteiger partial charge in [0.15, 0.2) is 0 Å². The van der Waals surface area contributed by atoms with Gasteiger partial charge >= 0.3 is 0 Å². The van der Waals surface area contributed by atoms with Crippen molar-refractivity contribution in [2.24, 2.45) is 10.9 Å². The molecule has 0 N–H and O–H groups in total. The molecule has 0 aliphatic carbocycles. The lowest BCUT2D eigenvalue weighted by Crippen LogP contribution is -2.50. The van der Waals surface area contributed by atoms with E-state index in [1.807, 2.05) is 0 Å². The zero-order valence-electron chi connectivity index (χ0n) is 16.8. The monoisotopic (exact) mass is 360 g/mol. The number of hydrogen-bond acceptors (Lipinski definition) is 2. The predicted octanol–water partition coefficient (Wildman–Crippen LogP) is 6.55. The Bertz CT molecular complexity index is 793. The standard InChI is InChI=1S/C25H32N2/c1-3-5-17-23-21(11-4-2)24(26-20-14-7-6-8-15-20)22-16-9-12-19-13-10-18-27(23)25(19)22/h6-9,12,14-16,21,23H,3-5,10-11,13,17-18H2,1-2H3. The molecule has 2 aromatic carbocycles. The smallest absolute Gasteiger partial charge is 0.0633 e. The maximum atomic E-state index is 5.24. The second kappa shape index (κ2) is 8.29. The number of rotatable bonds is 6. The number of aliphatic imine (C=N–C) groups is 1. The highest BCUT2D eigenvalue weighted by Gasteiger charge is 2.39. The number of nitrogens with zero attached hydrogens (tertiary/aromatic N) is 2. The third kappa shape index (κ3) is 3.54. The van der Waals surface area contributed by atoms with Crippen molar-refractivity contribution in [3.63, 3.8) is 0 Å². The molecule has 2 nitrogen and oxygen atoms in total. The Morgan fingerprint density at radius 1 is 0.963 bits per heavy atom. The number of benzene rings is 2. The van der Waals surface area contributed by atoms with Gasteiger partial charge in [-0.3, -0.25) is 4.99 Å². The molecule has 0 saturated heterocycles. The zero-order chi connectivity index (χ0) is 18.6. The van der Waals surface area contributed by atoms with Crippen molar-refractivity contribution in [2.75, 3.05) is 11.4 Å². The lowest BCUT2D eigenvalue weighted by Gasteiger charge is -2.47. The molecule has 0 saturated carbocycles. The quantitative estimate of drug-likeness (QED) is 0.570. The second-order valence-electron chi connectivity index (χ2n) is 8.05. The van der Waals surface area contributed by atoms with Crippen molar-refractivity contribution < 1.29 is 0 Å². The van der Waals surface area contributed by atoms with E-state index in [4.69, 9.17) is 4.99 Å². The Morgan fingerprint density at radius 2 is 1.81 bits per heavy atom. The van der Waals surface area contributed by atoms with Crippen LogP contribution in [0.25, 0.3) is 0 Å². The van der Waals surface area contributed by atoms with Crippen LogP contribution in [0.5, 0.6) is 0 Å². The van der Waals surface area contributed by atoms with Crippen LogP contribution in [-0.2, 0) is 6.42 Å². The molecule has 0 fully saturated rings. The number of anilines is 1. The Morgan fingerprint density at radius 3 is 2.59 bits per heavy atom. The molecule has 0 bridgehead atoms. The van der Waals surface area contributed by atoms with Gasteiger partial charge in [0.25, 0.3) is 0 Å². The maximum Gasteiger partial charge on any atom is 0.0633 e. The summed E-state index contributed by atoms with van der Waals surface area (Å²) in [5, 5.41) is 0. The van der Waals surface area contributed by atoms with Crippen LogP contribution in [-0.4, -0.2) is 18.3 Å². The van der Waals surface area contributed by atoms with Gasteiger partial charge in [0.1, 0.15) is 0 Å². The predicted molar refractivity (Wildman–Crippen MR) is 116 cm³/mol. The third-order valence-electron chi connectivity index (χ3n) is 6.20. The van der Waals surface area contributed by atoms with E-state index in [0.717, 1.165) is 5.69 Å². The van der Waals surface area contributed by atoms with Crippen LogP contribution in [0, 0.1) is 5.92 Å². The zero-order valence-corrected chi connectivity index (χ0v) is 16.8. The Kier molecular flexibility index (Phi) is 5.61. The summed E-state index contributed by atoms with van der Waals surface area (Å²) in [6.07, 6.45) is 8.77. The molecule has 2 aliphatic heterocycles. The van der Waals surface area contributed by atoms with Crippen molar-refractivity contribution in [3.05, 3.63) is 59.7 Å². The molecular weight excluding hydrogens is 328 g/mol. The number of hydrogen-bond donors (Lipinski definition) is 0. The van der Waals surface area contributed by atoms with Crippen LogP contribution in [0.3, 0.4) is 0 Å². The van der Waals surface area contributed by atoms with Gasteiger partial charge in [-0.15, -0.1) is 0 Å². The summed E-state index contributed by atoms with van der Waals surface area (Å²) < 4.78 is 0. The van der Waals surface area contributed by atoms with Gasteiger partial charge < -0.3 is 4.90 Å². The van der Waals surface area contributed by atoms with E-state index < -0.39 is 0 Å². The fourth-order valence-corrected chi connectivity index (χ4v) is 5.02. The lowest BCUT2D eigenvalue weighted by molar-refractivity contribution is 0.405. The fourth-order valence-electron chi connectivity index (χ4n) is 5.02. The fraction of sp³-hybridized carbons (Fsp3) is 0.480. The minimum Gasteiger partial charge on any atom is -0.367 e. The molecule has 0 amide bonds. The summed E-state index contributed by atoms with van der Waals surface area (Å²) >= 11 is 0. The van der Waals surface area contributed by atoms with E-state index in [-0.39, 0.29) is 0 Å². The van der Waals surface area contributed by atoms with Gasteiger partial charge in [-0.2, -0.15) is 0 Å². The molecule has 2 aliphatic rings. The van der Waals surface area contributed by atoms with E-state index in [1.54, 1.807) is 0 Å². The van der Waals surface area contributed by atoms with Crippen LogP contribution in [0.1, 0.15) is 63.5 Å². The molecular formula is C25H32N2. The lowest BCUT2D eigenvalue weighted by atomic mass is 9.76. The molecule has 27 heavy (non-hydrogen) atoms. The van der Waals surface area contributed by atoms with Gasteiger partial charge in [-0.05, 0) is 43.4 Å². The van der Waals surface area contributed by atoms with Crippen LogP contribution < -0.4 is 4.90 Å². The average molecular weight is 361 g/mol. The molecule has 4 rings (SSSR count). The van der Waals surface area contributed by atoms with Crippen molar-refractivity contribution in [3.8, 4) is 0 Å². The van der Waals surface area contributed by atoms with Gasteiger partial charge in [0.05, 0.1) is 11.4 Å². The van der Waals surface area contributed by atoms with Crippen LogP contribution in [0.2, 0.25) is 0 Å². The molecule has 2 heterocycles. The van der Waals surface area contributed by atoms with Gasteiger partial charge in [0, 0.05) is 29.8 Å². The maximum absolute atomic E-state index is 5.24. The highest BCUT2D eigenvalue weighted by Crippen LogP contribution is 2.43. The average Bonchev–Trinajstić information content (AvgIpc) is 2.71. The van der Waals surface area contributed by atoms with Crippen molar-refractivity contribution in [2.45, 2.75) is 64.8 Å². The van der Waals surface area contributed by atoms with Gasteiger partial charge in [-0.1, -0.05) is 69.5 Å². The summed E-state index contributed by atoms with van der Waals surface area (Å²) in [6, 6.07) is 18.0. The largest absolute Gasteiger partial charge is 0.367 e. The third-order valence-corrected chi connectivity index (χ3v) is 6.20. The second-order valence-corrected chi connectivity index (χ2v) is 8.05. The molecule has 0 spiro atoms. The highest BCUT2D eigenvalue weighted by molar-refractivity contribution is 6.10. The minimum absolute atomic E-state index is 0.530. The summed E-state index contributed by atoms with van der Waals surface area (Å²) in [4.78, 5) is 8.00. The molecule has 0 radical (unpaired) electrons. The molecule has 0 aromatic heterocycles. The first kappa shape index (κ1) is 18.3. The molecule has 2 atom stereocenters. The first-order chi connectivity index (χ1) is 13.3. The topological polar surface area (TPSA) is 15.6 Å². The Labute approximate surface area is 164 Å². The van der Waals surface area contributed by atoms with Crippen LogP contribution in [0.4, 0.5) is 11.4 Å². The first-order valence-corrected chi connectivity index (χ1v) is 10.9. The van der Waals surface area contributed by atoms with Gasteiger partial charge in [-0.25, -0.2) is 0 Å². The number of unbranched alkanes of at least 4 members (excludes halogenated alkanes) is 1. The van der Waals surface area contributed by atoms with E-state index in [0.29, 0.717) is 12.0 Å². The van der Waals surface area contributed by atoms with E-state index >= 15 is 0 Å². The summed E-state index contributed by atoms with van der Waals surface area (Å²) in [6.45, 7) is 5.84. The molecule has 2 aromatic rings. The normalized spacial score (nSPS) is 22.7. The highest BCUT2D eigenvalue weighted by atomic mass is 15.2. The van der Waals surface area contributed by atoms with Crippen LogP contribution in [0.15, 0.2) is 53.5 Å². The van der Waals surface area contributed by atoms with Crippen molar-refractivity contribution in [1.82, 2.24) is 0 Å². The SMILES string of the molecule is CCCCC1C(CCC)C(=Nc2ccccc2)c2cccc3c2N1CCC3. The molecule has 142 valence electrons. The van der Waals surface area contributed by atoms with Crippen LogP contribution >= 0.6 is 0 Å². The Balaban J connectivity index is 1.87. The van der Waals surface area contributed by atoms with E-state index in [2.05, 4.69) is 67.3 Å². The van der Waals surface area contributed by atoms with Gasteiger partial charge in [0.2, 0.25) is 0 Å². The van der Waals surface area contributed by atoms with Crippen molar-refractivity contribution >= 4 is 17.1 Å². The van der Waals surface area contributed by atoms with E-state index in [9.17, 15) is 0 Å². The summed E-state index contributed by atoms with van der Waals surface area (Å²) in [7, 11) is 0. The Hall–Kier alpha value is -2.09. The summed E-state index contributed by atoms with van der Waals surface area (Å²) in [5.41, 5.74) is 6.83. The number of aryl methyl sites for hydroxylation is 1.